The summed E-state index contributed by atoms with van der Waals surface area (Å²) in [6.45, 7) is 2.67. The maximum absolute atomic E-state index is 13.3. The number of anilines is 3. The van der Waals surface area contributed by atoms with Crippen LogP contribution in [0.15, 0.2) is 42.5 Å². The Morgan fingerprint density at radius 2 is 1.82 bits per heavy atom. The van der Waals surface area contributed by atoms with E-state index >= 15 is 0 Å². The highest BCUT2D eigenvalue weighted by Crippen LogP contribution is 2.27. The van der Waals surface area contributed by atoms with E-state index in [0.717, 1.165) is 0 Å². The number of benzene rings is 2. The minimum Gasteiger partial charge on any atom is -0.492 e. The van der Waals surface area contributed by atoms with Crippen LogP contribution in [0, 0.1) is 5.41 Å². The molecule has 0 radical (unpaired) electrons. The van der Waals surface area contributed by atoms with Crippen LogP contribution in [0.2, 0.25) is 5.02 Å². The zero-order valence-corrected chi connectivity index (χ0v) is 29.3. The fourth-order valence-electron chi connectivity index (χ4n) is 4.62. The topological polar surface area (TPSA) is 184 Å². The molecule has 6 bridgehead atoms. The van der Waals surface area contributed by atoms with Gasteiger partial charge in [-0.1, -0.05) is 31.5 Å². The predicted octanol–water partition coefficient (Wildman–Crippen LogP) is 3.31. The van der Waals surface area contributed by atoms with E-state index in [0.29, 0.717) is 29.0 Å². The lowest BCUT2D eigenvalue weighted by atomic mass is 9.92. The summed E-state index contributed by atoms with van der Waals surface area (Å²) in [7, 11) is 1.55. The van der Waals surface area contributed by atoms with Crippen LogP contribution >= 0.6 is 23.8 Å². The van der Waals surface area contributed by atoms with E-state index in [1.165, 1.54) is 17.0 Å². The fourth-order valence-corrected chi connectivity index (χ4v) is 5.07. The molecule has 0 atom stereocenters. The lowest BCUT2D eigenvalue weighted by Gasteiger charge is -2.32. The molecule has 0 spiro atoms. The van der Waals surface area contributed by atoms with Gasteiger partial charge in [0.1, 0.15) is 5.75 Å². The van der Waals surface area contributed by atoms with Crippen LogP contribution in [-0.2, 0) is 16.1 Å². The van der Waals surface area contributed by atoms with E-state index < -0.39 is 41.9 Å². The molecule has 274 valence electrons. The molecule has 3 aromatic rings. The zero-order chi connectivity index (χ0) is 37.2. The Balaban J connectivity index is 1.59. The van der Waals surface area contributed by atoms with Gasteiger partial charge < -0.3 is 30.3 Å². The van der Waals surface area contributed by atoms with Gasteiger partial charge in [-0.25, -0.2) is 5.43 Å². The molecule has 51 heavy (non-hydrogen) atoms. The van der Waals surface area contributed by atoms with Crippen molar-refractivity contribution in [2.75, 3.05) is 50.5 Å². The van der Waals surface area contributed by atoms with Crippen LogP contribution in [0.25, 0.3) is 0 Å². The number of carbonyl (C=O) groups excluding carboxylic acids is 3. The van der Waals surface area contributed by atoms with Crippen molar-refractivity contribution in [1.82, 2.24) is 41.3 Å². The lowest BCUT2D eigenvalue weighted by Crippen LogP contribution is -2.53. The number of ether oxygens (including phenoxy) is 2. The second-order valence-corrected chi connectivity index (χ2v) is 12.7. The highest BCUT2D eigenvalue weighted by Gasteiger charge is 2.30. The third-order valence-electron chi connectivity index (χ3n) is 6.95. The second kappa shape index (κ2) is 17.3. The number of nitrogens with one attached hydrogen (secondary N) is 6. The molecule has 0 unspecified atom stereocenters. The molecular formula is C31H36ClF3N10O5S. The molecule has 7 rings (SSSR count). The van der Waals surface area contributed by atoms with Crippen molar-refractivity contribution in [3.8, 4) is 11.8 Å². The molecule has 2 aromatic carbocycles. The number of hydrazine groups is 1. The smallest absolute Gasteiger partial charge is 0.422 e. The first-order valence-electron chi connectivity index (χ1n) is 15.4. The molecule has 0 fully saturated rings. The number of alkyl halides is 3. The first-order valence-corrected chi connectivity index (χ1v) is 16.2. The number of hydrogen-bond acceptors (Lipinski definition) is 12. The number of halogens is 4. The standard InChI is InChI=1S/C31H36ClF3N10O5S/c1-30(2)15-38-23(46)19-6-8-20(9-7-19)39-27-41-26(42-28(43-27)50-17-31(33,34)35)37-14-18-5-10-22(21(32)13-18)49-12-4-11-45(16-30)25(48)24(47)40-29(51)44-36-3/h5-10,13,36H,4,11-12,14-17H2,1-3H3,(H,38,46)(H2,40,44,47,51)(H2,37,39,41,42,43). The molecule has 0 saturated carbocycles. The van der Waals surface area contributed by atoms with Crippen molar-refractivity contribution < 1.29 is 37.0 Å². The van der Waals surface area contributed by atoms with E-state index in [2.05, 4.69) is 47.1 Å². The van der Waals surface area contributed by atoms with E-state index in [4.69, 9.17) is 33.3 Å². The van der Waals surface area contributed by atoms with Gasteiger partial charge in [-0.3, -0.25) is 25.1 Å². The predicted molar refractivity (Wildman–Crippen MR) is 186 cm³/mol. The number of amides is 3. The molecule has 6 N–H and O–H groups in total. The van der Waals surface area contributed by atoms with Gasteiger partial charge in [0.25, 0.3) is 5.91 Å². The van der Waals surface area contributed by atoms with Crippen LogP contribution in [-0.4, -0.2) is 88.8 Å². The molecule has 5 heterocycles. The van der Waals surface area contributed by atoms with E-state index in [-0.39, 0.29) is 54.8 Å². The van der Waals surface area contributed by atoms with Crippen molar-refractivity contribution in [2.45, 2.75) is 33.0 Å². The van der Waals surface area contributed by atoms with Crippen molar-refractivity contribution >= 4 is 64.2 Å². The van der Waals surface area contributed by atoms with Gasteiger partial charge in [0.15, 0.2) is 11.7 Å². The Hall–Kier alpha value is -5.01. The Kier molecular flexibility index (Phi) is 13.1. The molecule has 0 saturated heterocycles. The molecule has 3 amide bonds. The molecule has 4 aliphatic rings. The summed E-state index contributed by atoms with van der Waals surface area (Å²) in [6.07, 6.45) is -4.30. The summed E-state index contributed by atoms with van der Waals surface area (Å²) in [5, 5.41) is 11.2. The average Bonchev–Trinajstić information content (AvgIpc) is 3.06. The minimum atomic E-state index is -4.62. The van der Waals surface area contributed by atoms with Gasteiger partial charge in [0.2, 0.25) is 11.9 Å². The Labute approximate surface area is 301 Å². The van der Waals surface area contributed by atoms with Gasteiger partial charge in [0.05, 0.1) is 11.6 Å². The van der Waals surface area contributed by atoms with Crippen LogP contribution in [0.1, 0.15) is 36.2 Å². The highest BCUT2D eigenvalue weighted by molar-refractivity contribution is 7.80. The maximum Gasteiger partial charge on any atom is 0.422 e. The largest absolute Gasteiger partial charge is 0.492 e. The zero-order valence-electron chi connectivity index (χ0n) is 27.7. The van der Waals surface area contributed by atoms with E-state index in [1.54, 1.807) is 37.4 Å². The van der Waals surface area contributed by atoms with Crippen molar-refractivity contribution in [3.05, 3.63) is 58.6 Å². The summed E-state index contributed by atoms with van der Waals surface area (Å²) < 4.78 is 49.2. The molecule has 4 aliphatic heterocycles. The van der Waals surface area contributed by atoms with Gasteiger partial charge in [-0.2, -0.15) is 28.1 Å². The highest BCUT2D eigenvalue weighted by atomic mass is 35.5. The molecule has 1 aromatic heterocycles. The first-order chi connectivity index (χ1) is 24.1. The van der Waals surface area contributed by atoms with Crippen LogP contribution in [0.4, 0.5) is 30.8 Å². The number of rotatable bonds is 3. The Bertz CT molecular complexity index is 1730. The summed E-state index contributed by atoms with van der Waals surface area (Å²) >= 11 is 11.5. The van der Waals surface area contributed by atoms with Crippen LogP contribution in [0.5, 0.6) is 11.8 Å². The van der Waals surface area contributed by atoms with Crippen molar-refractivity contribution in [3.63, 3.8) is 0 Å². The Morgan fingerprint density at radius 3 is 2.51 bits per heavy atom. The third-order valence-corrected chi connectivity index (χ3v) is 7.45. The van der Waals surface area contributed by atoms with Crippen molar-refractivity contribution in [1.29, 1.82) is 0 Å². The van der Waals surface area contributed by atoms with Crippen molar-refractivity contribution in [2.24, 2.45) is 5.41 Å². The number of aromatic nitrogens is 3. The summed E-state index contributed by atoms with van der Waals surface area (Å²) in [5.41, 5.74) is 5.78. The van der Waals surface area contributed by atoms with Crippen LogP contribution in [0.3, 0.4) is 0 Å². The maximum atomic E-state index is 13.3. The van der Waals surface area contributed by atoms with Gasteiger partial charge in [0, 0.05) is 44.5 Å². The number of carbonyl (C=O) groups is 3. The molecule has 20 heteroatoms. The monoisotopic (exact) mass is 752 g/mol. The minimum absolute atomic E-state index is 0.0808. The third kappa shape index (κ3) is 12.4. The summed E-state index contributed by atoms with van der Waals surface area (Å²) in [4.78, 5) is 52.6. The fraction of sp³-hybridized carbons (Fsp3) is 0.387. The van der Waals surface area contributed by atoms with E-state index in [9.17, 15) is 27.6 Å². The van der Waals surface area contributed by atoms with Gasteiger partial charge in [-0.15, -0.1) is 0 Å². The number of hydrogen-bond donors (Lipinski definition) is 6. The Morgan fingerprint density at radius 1 is 1.10 bits per heavy atom. The average molecular weight is 753 g/mol. The van der Waals surface area contributed by atoms with Gasteiger partial charge >= 0.3 is 24.0 Å². The lowest BCUT2D eigenvalue weighted by molar-refractivity contribution is -0.154. The normalized spacial score (nSPS) is 15.3. The number of thiocarbonyl (C=S) groups is 1. The number of nitrogens with zero attached hydrogens (tertiary/aromatic N) is 4. The molecular weight excluding hydrogens is 717 g/mol. The SMILES string of the molecule is CNNC(=S)NC(=O)C(=O)N1CCCOc2ccc(cc2Cl)CNc2nc(nc(OCC(F)(F)F)n2)Nc2ccc(cc2)C(=O)NCC(C)(C)C1. The molecule has 15 nitrogen and oxygen atoms in total. The van der Waals surface area contributed by atoms with Gasteiger partial charge in [-0.05, 0) is 66.0 Å². The quantitative estimate of drug-likeness (QED) is 0.130. The van der Waals surface area contributed by atoms with E-state index in [1.807, 2.05) is 13.8 Å². The molecule has 0 aliphatic carbocycles. The second-order valence-electron chi connectivity index (χ2n) is 11.9. The van der Waals surface area contributed by atoms with Crippen LogP contribution < -0.4 is 41.6 Å². The first kappa shape index (κ1) is 38.8. The summed E-state index contributed by atoms with van der Waals surface area (Å²) in [6, 6.07) is 10.6. The summed E-state index contributed by atoms with van der Waals surface area (Å²) in [5.74, 6) is -2.01.